The van der Waals surface area contributed by atoms with Crippen molar-refractivity contribution in [3.05, 3.63) is 23.8 Å². The van der Waals surface area contributed by atoms with Crippen LogP contribution >= 0.6 is 0 Å². The zero-order valence-corrected chi connectivity index (χ0v) is 15.6. The Balaban J connectivity index is 1.50. The molecule has 2 aliphatic heterocycles. The lowest BCUT2D eigenvalue weighted by Gasteiger charge is -2.40. The highest BCUT2D eigenvalue weighted by Crippen LogP contribution is 2.24. The van der Waals surface area contributed by atoms with Gasteiger partial charge in [0.15, 0.2) is 5.69 Å². The molecule has 2 aromatic heterocycles. The first kappa shape index (κ1) is 17.7. The third-order valence-corrected chi connectivity index (χ3v) is 5.20. The molecule has 1 atom stereocenters. The number of aryl methyl sites for hydroxylation is 2. The minimum Gasteiger partial charge on any atom is -0.440 e. The van der Waals surface area contributed by atoms with Gasteiger partial charge in [0.05, 0.1) is 18.3 Å². The molecule has 0 aliphatic carbocycles. The molecule has 4 heterocycles. The van der Waals surface area contributed by atoms with E-state index in [4.69, 9.17) is 4.42 Å². The fourth-order valence-corrected chi connectivity index (χ4v) is 3.80. The lowest BCUT2D eigenvalue weighted by molar-refractivity contribution is -0.135. The van der Waals surface area contributed by atoms with Gasteiger partial charge in [-0.25, -0.2) is 4.98 Å². The number of hydrogen-bond donors (Lipinski definition) is 1. The number of oxazole rings is 1. The van der Waals surface area contributed by atoms with Crippen LogP contribution in [0.3, 0.4) is 0 Å². The molecule has 1 N–H and O–H groups in total. The topological polar surface area (TPSA) is 96.5 Å². The Labute approximate surface area is 157 Å². The van der Waals surface area contributed by atoms with Crippen molar-refractivity contribution in [2.45, 2.75) is 25.8 Å². The van der Waals surface area contributed by atoms with Crippen LogP contribution in [0.4, 0.5) is 0 Å². The number of nitrogens with zero attached hydrogens (tertiary/aromatic N) is 5. The summed E-state index contributed by atoms with van der Waals surface area (Å²) in [5.74, 6) is 0.865. The van der Waals surface area contributed by atoms with Gasteiger partial charge in [0.2, 0.25) is 11.8 Å². The van der Waals surface area contributed by atoms with Gasteiger partial charge in [-0.05, 0) is 19.8 Å². The van der Waals surface area contributed by atoms with E-state index >= 15 is 0 Å². The van der Waals surface area contributed by atoms with Crippen molar-refractivity contribution in [1.29, 1.82) is 0 Å². The number of hydrogen-bond acceptors (Lipinski definition) is 6. The van der Waals surface area contributed by atoms with E-state index in [0.29, 0.717) is 43.5 Å². The number of aromatic nitrogens is 3. The Hall–Kier alpha value is -2.68. The van der Waals surface area contributed by atoms with Crippen LogP contribution in [0.25, 0.3) is 11.5 Å². The molecule has 1 unspecified atom stereocenters. The molecule has 9 nitrogen and oxygen atoms in total. The highest BCUT2D eigenvalue weighted by atomic mass is 16.4. The van der Waals surface area contributed by atoms with Gasteiger partial charge in [-0.15, -0.1) is 0 Å². The number of amides is 2. The zero-order valence-electron chi connectivity index (χ0n) is 15.6. The first-order chi connectivity index (χ1) is 13.0. The van der Waals surface area contributed by atoms with E-state index in [2.05, 4.69) is 15.4 Å². The quantitative estimate of drug-likeness (QED) is 0.839. The van der Waals surface area contributed by atoms with Crippen molar-refractivity contribution in [1.82, 2.24) is 29.9 Å². The van der Waals surface area contributed by atoms with Gasteiger partial charge in [-0.1, -0.05) is 0 Å². The van der Waals surface area contributed by atoms with Crippen molar-refractivity contribution in [2.75, 3.05) is 32.7 Å². The second-order valence-corrected chi connectivity index (χ2v) is 7.14. The summed E-state index contributed by atoms with van der Waals surface area (Å²) < 4.78 is 7.36. The number of piperidine rings is 1. The molecule has 9 heteroatoms. The summed E-state index contributed by atoms with van der Waals surface area (Å²) in [5.41, 5.74) is 1.07. The largest absolute Gasteiger partial charge is 0.440 e. The van der Waals surface area contributed by atoms with Crippen LogP contribution in [0, 0.1) is 6.92 Å². The maximum absolute atomic E-state index is 13.0. The number of piperazine rings is 1. The van der Waals surface area contributed by atoms with Crippen molar-refractivity contribution < 1.29 is 14.0 Å². The maximum Gasteiger partial charge on any atom is 0.276 e. The molecule has 4 rings (SSSR count). The Kier molecular flexibility index (Phi) is 4.69. The summed E-state index contributed by atoms with van der Waals surface area (Å²) in [7, 11) is 1.82. The van der Waals surface area contributed by atoms with Crippen LogP contribution in [-0.4, -0.2) is 75.1 Å². The predicted molar refractivity (Wildman–Crippen MR) is 97.0 cm³/mol. The molecular weight excluding hydrogens is 348 g/mol. The van der Waals surface area contributed by atoms with Gasteiger partial charge in [-0.3, -0.25) is 14.3 Å². The smallest absolute Gasteiger partial charge is 0.276 e. The Morgan fingerprint density at radius 3 is 2.96 bits per heavy atom. The highest BCUT2D eigenvalue weighted by Gasteiger charge is 2.33. The molecule has 27 heavy (non-hydrogen) atoms. The molecule has 2 aromatic rings. The van der Waals surface area contributed by atoms with Crippen molar-refractivity contribution in [2.24, 2.45) is 7.05 Å². The second kappa shape index (κ2) is 7.15. The average Bonchev–Trinajstić information content (AvgIpc) is 3.27. The van der Waals surface area contributed by atoms with Crippen molar-refractivity contribution in [3.8, 4) is 11.5 Å². The van der Waals surface area contributed by atoms with E-state index in [1.807, 2.05) is 11.9 Å². The van der Waals surface area contributed by atoms with Gasteiger partial charge in [0, 0.05) is 45.5 Å². The summed E-state index contributed by atoms with van der Waals surface area (Å²) in [6.45, 7) is 4.83. The first-order valence-electron chi connectivity index (χ1n) is 9.29. The Bertz CT molecular complexity index is 857. The molecule has 144 valence electrons. The van der Waals surface area contributed by atoms with E-state index in [1.165, 1.54) is 0 Å². The molecule has 0 spiro atoms. The van der Waals surface area contributed by atoms with Gasteiger partial charge in [-0.2, -0.15) is 5.10 Å². The molecule has 0 radical (unpaired) electrons. The van der Waals surface area contributed by atoms with E-state index < -0.39 is 0 Å². The molecule has 2 saturated heterocycles. The molecule has 2 amide bonds. The number of nitrogens with one attached hydrogen (secondary N) is 1. The van der Waals surface area contributed by atoms with Crippen LogP contribution in [0.5, 0.6) is 0 Å². The van der Waals surface area contributed by atoms with Crippen LogP contribution in [0.15, 0.2) is 16.8 Å². The summed E-state index contributed by atoms with van der Waals surface area (Å²) in [6.07, 6.45) is 5.26. The standard InChI is InChI=1S/C18H24N6O3/c1-12-16(21-17(27-12)13-8-20-22(2)10-13)18(26)23-6-3-4-14(11-23)24-7-5-19-9-15(24)25/h8,10,14,19H,3-7,9,11H2,1-2H3. The van der Waals surface area contributed by atoms with Gasteiger partial charge >= 0.3 is 0 Å². The van der Waals surface area contributed by atoms with Gasteiger partial charge < -0.3 is 19.5 Å². The molecule has 2 aliphatic rings. The van der Waals surface area contributed by atoms with E-state index in [0.717, 1.165) is 24.9 Å². The third-order valence-electron chi connectivity index (χ3n) is 5.20. The fourth-order valence-electron chi connectivity index (χ4n) is 3.80. The summed E-state index contributed by atoms with van der Waals surface area (Å²) in [5, 5.41) is 7.20. The Morgan fingerprint density at radius 1 is 1.37 bits per heavy atom. The normalized spacial score (nSPS) is 21.0. The molecule has 2 fully saturated rings. The summed E-state index contributed by atoms with van der Waals surface area (Å²) in [6, 6.07) is 0.0716. The zero-order chi connectivity index (χ0) is 19.0. The lowest BCUT2D eigenvalue weighted by Crippen LogP contribution is -2.57. The van der Waals surface area contributed by atoms with E-state index in [9.17, 15) is 9.59 Å². The van der Waals surface area contributed by atoms with E-state index in [-0.39, 0.29) is 17.9 Å². The van der Waals surface area contributed by atoms with Crippen LogP contribution in [-0.2, 0) is 11.8 Å². The number of rotatable bonds is 3. The van der Waals surface area contributed by atoms with Crippen molar-refractivity contribution >= 4 is 11.8 Å². The summed E-state index contributed by atoms with van der Waals surface area (Å²) >= 11 is 0. The monoisotopic (exact) mass is 372 g/mol. The number of carbonyl (C=O) groups is 2. The molecular formula is C18H24N6O3. The lowest BCUT2D eigenvalue weighted by atomic mass is 10.0. The van der Waals surface area contributed by atoms with Gasteiger partial charge in [0.25, 0.3) is 5.91 Å². The summed E-state index contributed by atoms with van der Waals surface area (Å²) in [4.78, 5) is 33.3. The third kappa shape index (κ3) is 3.46. The highest BCUT2D eigenvalue weighted by molar-refractivity contribution is 5.94. The minimum absolute atomic E-state index is 0.0716. The maximum atomic E-state index is 13.0. The number of likely N-dealkylation sites (tertiary alicyclic amines) is 1. The Morgan fingerprint density at radius 2 is 2.22 bits per heavy atom. The molecule has 0 saturated carbocycles. The second-order valence-electron chi connectivity index (χ2n) is 7.14. The van der Waals surface area contributed by atoms with Gasteiger partial charge in [0.1, 0.15) is 5.76 Å². The average molecular weight is 372 g/mol. The van der Waals surface area contributed by atoms with Crippen LogP contribution in [0.2, 0.25) is 0 Å². The SMILES string of the molecule is Cc1oc(-c2cnn(C)c2)nc1C(=O)N1CCCC(N2CCNCC2=O)C1. The first-order valence-corrected chi connectivity index (χ1v) is 9.29. The molecule has 0 bridgehead atoms. The van der Waals surface area contributed by atoms with E-state index in [1.54, 1.807) is 28.9 Å². The fraction of sp³-hybridized carbons (Fsp3) is 0.556. The minimum atomic E-state index is -0.140. The van der Waals surface area contributed by atoms with Crippen LogP contribution < -0.4 is 5.32 Å². The van der Waals surface area contributed by atoms with Crippen LogP contribution in [0.1, 0.15) is 29.1 Å². The number of carbonyl (C=O) groups excluding carboxylic acids is 2. The van der Waals surface area contributed by atoms with Crippen molar-refractivity contribution in [3.63, 3.8) is 0 Å². The molecule has 0 aromatic carbocycles. The predicted octanol–water partition coefficient (Wildman–Crippen LogP) is 0.420.